The molecule has 2 aliphatic heterocycles. The minimum Gasteiger partial charge on any atom is -0.376 e. The number of aromatic nitrogens is 2. The third-order valence-corrected chi connectivity index (χ3v) is 6.25. The average molecular weight is 378 g/mol. The molecule has 1 amide bonds. The fourth-order valence-electron chi connectivity index (χ4n) is 4.38. The van der Waals surface area contributed by atoms with Crippen LogP contribution in [0.15, 0.2) is 30.3 Å². The number of ether oxygens (including phenoxy) is 1. The van der Waals surface area contributed by atoms with Gasteiger partial charge in [0.2, 0.25) is 5.95 Å². The molecule has 0 bridgehead atoms. The number of aryl methyl sites for hydroxylation is 1. The molecule has 1 saturated heterocycles. The smallest absolute Gasteiger partial charge is 0.253 e. The average Bonchev–Trinajstić information content (AvgIpc) is 3.46. The van der Waals surface area contributed by atoms with Crippen molar-refractivity contribution in [2.75, 3.05) is 31.6 Å². The lowest BCUT2D eigenvalue weighted by atomic mass is 9.80. The highest BCUT2D eigenvalue weighted by atomic mass is 16.5. The van der Waals surface area contributed by atoms with E-state index in [0.717, 1.165) is 53.9 Å². The predicted octanol–water partition coefficient (Wildman–Crippen LogP) is 2.92. The molecule has 2 fully saturated rings. The van der Waals surface area contributed by atoms with Gasteiger partial charge in [-0.1, -0.05) is 18.2 Å². The number of likely N-dealkylation sites (tertiary alicyclic amines) is 1. The van der Waals surface area contributed by atoms with Crippen LogP contribution in [0.2, 0.25) is 0 Å². The summed E-state index contributed by atoms with van der Waals surface area (Å²) in [7, 11) is 0. The number of nitrogens with one attached hydrogen (secondary N) is 1. The molecule has 1 spiro atoms. The molecule has 1 atom stereocenters. The molecular formula is C22H26N4O2. The van der Waals surface area contributed by atoms with Gasteiger partial charge in [0.05, 0.1) is 24.3 Å². The number of amides is 1. The normalized spacial score (nSPS) is 23.7. The Kier molecular flexibility index (Phi) is 4.31. The summed E-state index contributed by atoms with van der Waals surface area (Å²) < 4.78 is 5.96. The van der Waals surface area contributed by atoms with Crippen molar-refractivity contribution in [1.29, 1.82) is 0 Å². The van der Waals surface area contributed by atoms with Crippen LogP contribution in [0.5, 0.6) is 0 Å². The highest BCUT2D eigenvalue weighted by Gasteiger charge is 2.46. The molecule has 5 rings (SSSR count). The van der Waals surface area contributed by atoms with E-state index in [9.17, 15) is 4.79 Å². The van der Waals surface area contributed by atoms with Crippen LogP contribution >= 0.6 is 0 Å². The van der Waals surface area contributed by atoms with Crippen LogP contribution in [0.1, 0.15) is 46.6 Å². The van der Waals surface area contributed by atoms with E-state index in [4.69, 9.17) is 9.72 Å². The van der Waals surface area contributed by atoms with Gasteiger partial charge in [-0.25, -0.2) is 9.97 Å². The molecule has 1 saturated carbocycles. The third kappa shape index (κ3) is 3.15. The lowest BCUT2D eigenvalue weighted by molar-refractivity contribution is 0.0481. The number of carbonyl (C=O) groups is 1. The highest BCUT2D eigenvalue weighted by molar-refractivity contribution is 5.94. The number of rotatable bonds is 4. The van der Waals surface area contributed by atoms with Crippen LogP contribution in [-0.2, 0) is 16.8 Å². The Morgan fingerprint density at radius 3 is 2.89 bits per heavy atom. The largest absolute Gasteiger partial charge is 0.376 e. The first-order chi connectivity index (χ1) is 13.6. The Hall–Kier alpha value is -2.47. The SMILES string of the molecule is Cc1nc(NCC2CC2)nc2c1COCC21CCN(C(=O)c2ccccc2)C1. The lowest BCUT2D eigenvalue weighted by Gasteiger charge is -2.35. The second-order valence-corrected chi connectivity index (χ2v) is 8.40. The van der Waals surface area contributed by atoms with Crippen molar-refractivity contribution in [3.05, 3.63) is 52.8 Å². The van der Waals surface area contributed by atoms with Crippen LogP contribution in [0.25, 0.3) is 0 Å². The second-order valence-electron chi connectivity index (χ2n) is 8.40. The molecule has 0 radical (unpaired) electrons. The number of fused-ring (bicyclic) bond motifs is 2. The summed E-state index contributed by atoms with van der Waals surface area (Å²) in [6.07, 6.45) is 3.47. The zero-order valence-corrected chi connectivity index (χ0v) is 16.3. The van der Waals surface area contributed by atoms with Gasteiger partial charge < -0.3 is 15.0 Å². The Balaban J connectivity index is 1.42. The fraction of sp³-hybridized carbons (Fsp3) is 0.500. The monoisotopic (exact) mass is 378 g/mol. The third-order valence-electron chi connectivity index (χ3n) is 6.25. The van der Waals surface area contributed by atoms with E-state index in [1.165, 1.54) is 12.8 Å². The standard InChI is InChI=1S/C22H26N4O2/c1-15-18-12-28-14-22(19(18)25-21(24-15)23-11-16-7-8-16)9-10-26(13-22)20(27)17-5-3-2-4-6-17/h2-6,16H,7-14H2,1H3,(H,23,24,25). The van der Waals surface area contributed by atoms with Crippen molar-refractivity contribution >= 4 is 11.9 Å². The zero-order valence-electron chi connectivity index (χ0n) is 16.3. The summed E-state index contributed by atoms with van der Waals surface area (Å²) in [6, 6.07) is 9.51. The van der Waals surface area contributed by atoms with E-state index >= 15 is 0 Å². The molecule has 3 aliphatic rings. The summed E-state index contributed by atoms with van der Waals surface area (Å²) in [5.74, 6) is 1.57. The number of hydrogen-bond donors (Lipinski definition) is 1. The first-order valence-electron chi connectivity index (χ1n) is 10.2. The minimum absolute atomic E-state index is 0.0856. The molecule has 2 aromatic rings. The van der Waals surface area contributed by atoms with Gasteiger partial charge in [-0.3, -0.25) is 4.79 Å². The summed E-state index contributed by atoms with van der Waals surface area (Å²) in [4.78, 5) is 24.5. The summed E-state index contributed by atoms with van der Waals surface area (Å²) >= 11 is 0. The Morgan fingerprint density at radius 2 is 2.11 bits per heavy atom. The van der Waals surface area contributed by atoms with E-state index in [0.29, 0.717) is 19.8 Å². The second kappa shape index (κ2) is 6.85. The summed E-state index contributed by atoms with van der Waals surface area (Å²) in [5.41, 5.74) is 3.66. The molecule has 1 N–H and O–H groups in total. The molecular weight excluding hydrogens is 352 g/mol. The summed E-state index contributed by atoms with van der Waals surface area (Å²) in [5, 5.41) is 3.42. The van der Waals surface area contributed by atoms with E-state index in [2.05, 4.69) is 10.3 Å². The van der Waals surface area contributed by atoms with Crippen LogP contribution in [0, 0.1) is 12.8 Å². The maximum absolute atomic E-state index is 12.9. The van der Waals surface area contributed by atoms with Gasteiger partial charge in [-0.05, 0) is 44.2 Å². The molecule has 146 valence electrons. The Labute approximate surface area is 165 Å². The molecule has 1 aliphatic carbocycles. The van der Waals surface area contributed by atoms with Crippen molar-refractivity contribution in [3.8, 4) is 0 Å². The zero-order chi connectivity index (χ0) is 19.1. The van der Waals surface area contributed by atoms with E-state index in [1.807, 2.05) is 42.2 Å². The van der Waals surface area contributed by atoms with Gasteiger partial charge in [0.15, 0.2) is 0 Å². The first-order valence-corrected chi connectivity index (χ1v) is 10.2. The molecule has 6 nitrogen and oxygen atoms in total. The van der Waals surface area contributed by atoms with E-state index in [-0.39, 0.29) is 11.3 Å². The van der Waals surface area contributed by atoms with Crippen molar-refractivity contribution in [1.82, 2.24) is 14.9 Å². The first kappa shape index (κ1) is 17.6. The van der Waals surface area contributed by atoms with Crippen LogP contribution < -0.4 is 5.32 Å². The number of anilines is 1. The Bertz CT molecular complexity index is 897. The van der Waals surface area contributed by atoms with Crippen molar-refractivity contribution in [3.63, 3.8) is 0 Å². The number of benzene rings is 1. The van der Waals surface area contributed by atoms with Crippen LogP contribution in [0.3, 0.4) is 0 Å². The number of hydrogen-bond acceptors (Lipinski definition) is 5. The number of nitrogens with zero attached hydrogens (tertiary/aromatic N) is 3. The van der Waals surface area contributed by atoms with Gasteiger partial charge in [0.1, 0.15) is 0 Å². The number of carbonyl (C=O) groups excluding carboxylic acids is 1. The van der Waals surface area contributed by atoms with Gasteiger partial charge >= 0.3 is 0 Å². The Morgan fingerprint density at radius 1 is 1.29 bits per heavy atom. The van der Waals surface area contributed by atoms with Gasteiger partial charge in [-0.2, -0.15) is 0 Å². The van der Waals surface area contributed by atoms with Gasteiger partial charge in [0, 0.05) is 36.5 Å². The highest BCUT2D eigenvalue weighted by Crippen LogP contribution is 2.40. The lowest BCUT2D eigenvalue weighted by Crippen LogP contribution is -2.42. The van der Waals surface area contributed by atoms with Crippen molar-refractivity contribution < 1.29 is 9.53 Å². The van der Waals surface area contributed by atoms with Crippen molar-refractivity contribution in [2.45, 2.75) is 38.2 Å². The maximum Gasteiger partial charge on any atom is 0.253 e. The van der Waals surface area contributed by atoms with Gasteiger partial charge in [0.25, 0.3) is 5.91 Å². The van der Waals surface area contributed by atoms with E-state index < -0.39 is 0 Å². The predicted molar refractivity (Wildman–Crippen MR) is 106 cm³/mol. The molecule has 6 heteroatoms. The van der Waals surface area contributed by atoms with Crippen molar-refractivity contribution in [2.24, 2.45) is 5.92 Å². The summed E-state index contributed by atoms with van der Waals surface area (Å²) in [6.45, 7) is 5.51. The molecule has 28 heavy (non-hydrogen) atoms. The molecule has 1 unspecified atom stereocenters. The maximum atomic E-state index is 12.9. The minimum atomic E-state index is -0.234. The van der Waals surface area contributed by atoms with Crippen LogP contribution in [0.4, 0.5) is 5.95 Å². The topological polar surface area (TPSA) is 67.4 Å². The van der Waals surface area contributed by atoms with Gasteiger partial charge in [-0.15, -0.1) is 0 Å². The quantitative estimate of drug-likeness (QED) is 0.886. The molecule has 1 aromatic heterocycles. The fourth-order valence-corrected chi connectivity index (χ4v) is 4.38. The molecule has 3 heterocycles. The van der Waals surface area contributed by atoms with Crippen LogP contribution in [-0.4, -0.2) is 47.0 Å². The molecule has 1 aromatic carbocycles. The van der Waals surface area contributed by atoms with E-state index in [1.54, 1.807) is 0 Å².